The van der Waals surface area contributed by atoms with Crippen molar-refractivity contribution in [1.82, 2.24) is 0 Å². The molecule has 0 aliphatic carbocycles. The van der Waals surface area contributed by atoms with Gasteiger partial charge >= 0.3 is 0 Å². The Hall–Kier alpha value is -1.96. The Morgan fingerprint density at radius 1 is 0.850 bits per heavy atom. The van der Waals surface area contributed by atoms with Gasteiger partial charge in [-0.3, -0.25) is 0 Å². The van der Waals surface area contributed by atoms with Crippen LogP contribution >= 0.6 is 0 Å². The van der Waals surface area contributed by atoms with E-state index in [0.717, 1.165) is 19.5 Å². The number of benzene rings is 2. The number of hydrogen-bond donors (Lipinski definition) is 0. The van der Waals surface area contributed by atoms with Crippen LogP contribution in [0.5, 0.6) is 0 Å². The maximum atomic E-state index is 2.52. The Bertz CT molecular complexity index is 565. The zero-order chi connectivity index (χ0) is 13.9. The van der Waals surface area contributed by atoms with Crippen molar-refractivity contribution < 1.29 is 0 Å². The van der Waals surface area contributed by atoms with Crippen molar-refractivity contribution in [2.75, 3.05) is 22.9 Å². The highest BCUT2D eigenvalue weighted by molar-refractivity contribution is 5.77. The van der Waals surface area contributed by atoms with Crippen LogP contribution in [-0.2, 0) is 6.42 Å². The third-order valence-corrected chi connectivity index (χ3v) is 4.23. The van der Waals surface area contributed by atoms with Crippen molar-refractivity contribution in [3.8, 4) is 0 Å². The van der Waals surface area contributed by atoms with Crippen molar-refractivity contribution in [3.05, 3.63) is 60.2 Å². The van der Waals surface area contributed by atoms with Gasteiger partial charge in [-0.2, -0.15) is 0 Å². The lowest BCUT2D eigenvalue weighted by molar-refractivity contribution is 0.629. The Morgan fingerprint density at radius 3 is 2.10 bits per heavy atom. The summed E-state index contributed by atoms with van der Waals surface area (Å²) in [6.45, 7) is 6.65. The van der Waals surface area contributed by atoms with Crippen LogP contribution in [-0.4, -0.2) is 19.3 Å². The fourth-order valence-corrected chi connectivity index (χ4v) is 3.16. The number of fused-ring (bicyclic) bond motifs is 1. The van der Waals surface area contributed by atoms with E-state index in [1.54, 1.807) is 0 Å². The molecule has 1 aliphatic rings. The molecule has 2 aromatic carbocycles. The Labute approximate surface area is 121 Å². The smallest absolute Gasteiger partial charge is 0.0988 e. The van der Waals surface area contributed by atoms with E-state index < -0.39 is 0 Å². The normalized spacial score (nSPS) is 17.4. The zero-order valence-electron chi connectivity index (χ0n) is 12.3. The van der Waals surface area contributed by atoms with Crippen LogP contribution in [0.15, 0.2) is 54.6 Å². The first kappa shape index (κ1) is 13.0. The molecule has 0 aromatic heterocycles. The van der Waals surface area contributed by atoms with Gasteiger partial charge in [0, 0.05) is 13.1 Å². The van der Waals surface area contributed by atoms with E-state index in [4.69, 9.17) is 0 Å². The van der Waals surface area contributed by atoms with E-state index in [0.29, 0.717) is 6.17 Å². The highest BCUT2D eigenvalue weighted by atomic mass is 15.4. The summed E-state index contributed by atoms with van der Waals surface area (Å²) >= 11 is 0. The molecule has 1 aliphatic heterocycles. The summed E-state index contributed by atoms with van der Waals surface area (Å²) in [5.41, 5.74) is 4.15. The lowest BCUT2D eigenvalue weighted by Gasteiger charge is -2.29. The zero-order valence-corrected chi connectivity index (χ0v) is 12.3. The maximum Gasteiger partial charge on any atom is 0.0988 e. The third kappa shape index (κ3) is 2.26. The van der Waals surface area contributed by atoms with Gasteiger partial charge in [-0.15, -0.1) is 0 Å². The van der Waals surface area contributed by atoms with Gasteiger partial charge in [-0.05, 0) is 38.0 Å². The van der Waals surface area contributed by atoms with Crippen molar-refractivity contribution in [1.29, 1.82) is 0 Å². The van der Waals surface area contributed by atoms with Gasteiger partial charge in [0.15, 0.2) is 0 Å². The molecular formula is C18H22N2. The summed E-state index contributed by atoms with van der Waals surface area (Å²) in [6, 6.07) is 19.5. The van der Waals surface area contributed by atoms with E-state index in [1.165, 1.54) is 16.9 Å². The topological polar surface area (TPSA) is 6.48 Å². The minimum absolute atomic E-state index is 0.445. The summed E-state index contributed by atoms with van der Waals surface area (Å²) < 4.78 is 0. The van der Waals surface area contributed by atoms with Crippen LogP contribution in [0.25, 0.3) is 0 Å². The van der Waals surface area contributed by atoms with Gasteiger partial charge in [-0.25, -0.2) is 0 Å². The molecule has 0 fully saturated rings. The van der Waals surface area contributed by atoms with E-state index >= 15 is 0 Å². The molecule has 1 unspecified atom stereocenters. The molecule has 0 saturated heterocycles. The summed E-state index contributed by atoms with van der Waals surface area (Å²) in [7, 11) is 0. The molecule has 2 aromatic rings. The molecule has 0 spiro atoms. The van der Waals surface area contributed by atoms with Crippen molar-refractivity contribution in [3.63, 3.8) is 0 Å². The first-order chi connectivity index (χ1) is 9.81. The Kier molecular flexibility index (Phi) is 3.64. The second kappa shape index (κ2) is 5.58. The second-order valence-corrected chi connectivity index (χ2v) is 5.34. The number of para-hydroxylation sites is 2. The maximum absolute atomic E-state index is 2.52. The molecule has 0 radical (unpaired) electrons. The molecule has 20 heavy (non-hydrogen) atoms. The quantitative estimate of drug-likeness (QED) is 0.827. The second-order valence-electron chi connectivity index (χ2n) is 5.34. The van der Waals surface area contributed by atoms with Crippen LogP contribution in [0, 0.1) is 0 Å². The largest absolute Gasteiger partial charge is 0.350 e. The molecule has 1 atom stereocenters. The van der Waals surface area contributed by atoms with E-state index in [-0.39, 0.29) is 0 Å². The standard InChI is InChI=1S/C18H22N2/c1-3-19-15(2)20(18-12-8-7-11-17(18)19)14-13-16-9-5-4-6-10-16/h4-12,15H,3,13-14H2,1-2H3. The molecule has 1 heterocycles. The molecular weight excluding hydrogens is 244 g/mol. The van der Waals surface area contributed by atoms with Crippen LogP contribution in [0.4, 0.5) is 11.4 Å². The van der Waals surface area contributed by atoms with Crippen molar-refractivity contribution in [2.45, 2.75) is 26.4 Å². The fourth-order valence-electron chi connectivity index (χ4n) is 3.16. The summed E-state index contributed by atoms with van der Waals surface area (Å²) in [6.07, 6.45) is 1.54. The van der Waals surface area contributed by atoms with E-state index in [9.17, 15) is 0 Å². The first-order valence-corrected chi connectivity index (χ1v) is 7.47. The number of rotatable bonds is 4. The average Bonchev–Trinajstić information content (AvgIpc) is 2.77. The highest BCUT2D eigenvalue weighted by Crippen LogP contribution is 2.38. The molecule has 0 amide bonds. The predicted octanol–water partition coefficient (Wildman–Crippen LogP) is 3.92. The van der Waals surface area contributed by atoms with Crippen LogP contribution < -0.4 is 9.80 Å². The lowest BCUT2D eigenvalue weighted by atomic mass is 10.1. The van der Waals surface area contributed by atoms with Gasteiger partial charge in [0.05, 0.1) is 17.5 Å². The minimum atomic E-state index is 0.445. The molecule has 2 nitrogen and oxygen atoms in total. The fraction of sp³-hybridized carbons (Fsp3) is 0.333. The summed E-state index contributed by atoms with van der Waals surface area (Å²) in [5.74, 6) is 0. The van der Waals surface area contributed by atoms with Gasteiger partial charge in [-0.1, -0.05) is 42.5 Å². The lowest BCUT2D eigenvalue weighted by Crippen LogP contribution is -2.41. The van der Waals surface area contributed by atoms with Crippen LogP contribution in [0.1, 0.15) is 19.4 Å². The molecule has 0 N–H and O–H groups in total. The highest BCUT2D eigenvalue weighted by Gasteiger charge is 2.30. The number of hydrogen-bond acceptors (Lipinski definition) is 2. The Morgan fingerprint density at radius 2 is 1.45 bits per heavy atom. The Balaban J connectivity index is 1.80. The number of anilines is 2. The average molecular weight is 266 g/mol. The number of nitrogens with zero attached hydrogens (tertiary/aromatic N) is 2. The third-order valence-electron chi connectivity index (χ3n) is 4.23. The first-order valence-electron chi connectivity index (χ1n) is 7.47. The van der Waals surface area contributed by atoms with Crippen LogP contribution in [0.3, 0.4) is 0 Å². The molecule has 0 bridgehead atoms. The van der Waals surface area contributed by atoms with Crippen molar-refractivity contribution in [2.24, 2.45) is 0 Å². The van der Waals surface area contributed by atoms with Gasteiger partial charge in [0.1, 0.15) is 0 Å². The van der Waals surface area contributed by atoms with Crippen molar-refractivity contribution >= 4 is 11.4 Å². The van der Waals surface area contributed by atoms with Gasteiger partial charge < -0.3 is 9.80 Å². The minimum Gasteiger partial charge on any atom is -0.350 e. The van der Waals surface area contributed by atoms with Crippen LogP contribution in [0.2, 0.25) is 0 Å². The molecule has 0 saturated carbocycles. The summed E-state index contributed by atoms with van der Waals surface area (Å²) in [4.78, 5) is 4.99. The van der Waals surface area contributed by atoms with E-state index in [1.807, 2.05) is 0 Å². The molecule has 2 heteroatoms. The van der Waals surface area contributed by atoms with E-state index in [2.05, 4.69) is 78.2 Å². The molecule has 3 rings (SSSR count). The van der Waals surface area contributed by atoms with Gasteiger partial charge in [0.2, 0.25) is 0 Å². The summed E-state index contributed by atoms with van der Waals surface area (Å²) in [5, 5.41) is 0. The SMILES string of the molecule is CCN1c2ccccc2N(CCc2ccccc2)C1C. The van der Waals surface area contributed by atoms with Gasteiger partial charge in [0.25, 0.3) is 0 Å². The molecule has 104 valence electrons. The monoisotopic (exact) mass is 266 g/mol. The predicted molar refractivity (Wildman–Crippen MR) is 86.4 cm³/mol.